The third kappa shape index (κ3) is 9.26. The Morgan fingerprint density at radius 2 is 1.88 bits per heavy atom. The molecule has 1 aromatic rings. The van der Waals surface area contributed by atoms with Gasteiger partial charge in [-0.1, -0.05) is 75.1 Å². The second-order valence-corrected chi connectivity index (χ2v) is 9.22. The van der Waals surface area contributed by atoms with Gasteiger partial charge in [0.2, 0.25) is 0 Å². The zero-order valence-electron chi connectivity index (χ0n) is 20.0. The highest BCUT2D eigenvalue weighted by molar-refractivity contribution is 5.84. The van der Waals surface area contributed by atoms with E-state index < -0.39 is 36.4 Å². The highest BCUT2D eigenvalue weighted by Crippen LogP contribution is 2.35. The molecule has 0 saturated heterocycles. The van der Waals surface area contributed by atoms with Crippen LogP contribution >= 0.6 is 0 Å². The van der Waals surface area contributed by atoms with Gasteiger partial charge in [0.25, 0.3) is 5.92 Å². The number of benzene rings is 1. The predicted octanol–water partition coefficient (Wildman–Crippen LogP) is 5.38. The van der Waals surface area contributed by atoms with Crippen LogP contribution in [-0.4, -0.2) is 40.1 Å². The second-order valence-electron chi connectivity index (χ2n) is 9.22. The number of carbonyl (C=O) groups excluding carboxylic acids is 2. The maximum absolute atomic E-state index is 14.0. The van der Waals surface area contributed by atoms with Crippen LogP contribution in [0.2, 0.25) is 0 Å². The average molecular weight is 481 g/mol. The number of alkyl halides is 2. The van der Waals surface area contributed by atoms with E-state index in [1.54, 1.807) is 6.92 Å². The summed E-state index contributed by atoms with van der Waals surface area (Å²) < 4.78 is 33.3. The van der Waals surface area contributed by atoms with Gasteiger partial charge in [0.1, 0.15) is 18.5 Å². The molecule has 0 heterocycles. The predicted molar refractivity (Wildman–Crippen MR) is 126 cm³/mol. The molecule has 34 heavy (non-hydrogen) atoms. The summed E-state index contributed by atoms with van der Waals surface area (Å²) >= 11 is 0. The number of rotatable bonds is 15. The number of Topliss-reactive ketones (excluding diaryl/α,β-unsaturated/α-hetero) is 1. The Morgan fingerprint density at radius 1 is 1.18 bits per heavy atom. The van der Waals surface area contributed by atoms with Crippen molar-refractivity contribution in [1.82, 2.24) is 0 Å². The normalized spacial score (nSPS) is 21.8. The van der Waals surface area contributed by atoms with Crippen LogP contribution < -0.4 is 0 Å². The molecule has 0 radical (unpaired) electrons. The smallest absolute Gasteiger partial charge is 0.306 e. The first-order valence-electron chi connectivity index (χ1n) is 12.4. The van der Waals surface area contributed by atoms with E-state index in [9.17, 15) is 28.6 Å². The quantitative estimate of drug-likeness (QED) is 0.200. The first-order valence-corrected chi connectivity index (χ1v) is 12.4. The Kier molecular flexibility index (Phi) is 11.8. The Labute approximate surface area is 201 Å². The van der Waals surface area contributed by atoms with Crippen molar-refractivity contribution in [3.05, 3.63) is 48.0 Å². The molecular weight excluding hydrogens is 442 g/mol. The number of ketones is 1. The molecule has 2 unspecified atom stereocenters. The Balaban J connectivity index is 1.70. The Hall–Kier alpha value is -2.12. The van der Waals surface area contributed by atoms with Crippen LogP contribution in [0, 0.1) is 11.8 Å². The number of ether oxygens (including phenoxy) is 1. The zero-order chi connectivity index (χ0) is 25.0. The van der Waals surface area contributed by atoms with Crippen LogP contribution in [0.5, 0.6) is 0 Å². The Bertz CT molecular complexity index is 780. The maximum atomic E-state index is 14.0. The van der Waals surface area contributed by atoms with Crippen molar-refractivity contribution >= 4 is 11.8 Å². The van der Waals surface area contributed by atoms with Gasteiger partial charge < -0.3 is 14.9 Å². The number of hydrogen-bond donors (Lipinski definition) is 2. The molecule has 0 amide bonds. The number of carbonyl (C=O) groups is 2. The van der Waals surface area contributed by atoms with Gasteiger partial charge in [-0.3, -0.25) is 9.59 Å². The fourth-order valence-corrected chi connectivity index (χ4v) is 4.32. The molecule has 7 heteroatoms. The molecule has 1 fully saturated rings. The maximum Gasteiger partial charge on any atom is 0.306 e. The number of hydrogen-bond acceptors (Lipinski definition) is 5. The summed E-state index contributed by atoms with van der Waals surface area (Å²) in [4.78, 5) is 24.2. The van der Waals surface area contributed by atoms with Crippen molar-refractivity contribution in [2.75, 3.05) is 0 Å². The van der Waals surface area contributed by atoms with Crippen LogP contribution in [0.3, 0.4) is 0 Å². The number of aliphatic hydroxyl groups is 2. The number of esters is 1. The molecule has 1 aliphatic rings. The minimum absolute atomic E-state index is 0.00918. The number of unbranched alkanes of at least 4 members (excludes halogenated alkanes) is 4. The fraction of sp³-hybridized carbons (Fsp3) is 0.630. The fourth-order valence-electron chi connectivity index (χ4n) is 4.32. The molecular formula is C27H38F2O5. The monoisotopic (exact) mass is 480 g/mol. The van der Waals surface area contributed by atoms with Crippen LogP contribution in [0.1, 0.15) is 76.7 Å². The van der Waals surface area contributed by atoms with E-state index in [4.69, 9.17) is 4.74 Å². The lowest BCUT2D eigenvalue weighted by molar-refractivity contribution is -0.145. The zero-order valence-corrected chi connectivity index (χ0v) is 20.0. The molecule has 1 saturated carbocycles. The van der Waals surface area contributed by atoms with E-state index in [0.29, 0.717) is 32.1 Å². The standard InChI is InChI=1S/C27H38F2O5/c1-2-3-17-27(28,29)25(32)16-15-22-21(23(30)18-24(22)31)13-9-4-5-10-14-26(33)34-19-20-11-7-6-8-12-20/h6-8,11-12,15-16,21-22,24-25,31-32H,2-5,9-10,13-14,17-19H2,1H3/b16-15+/t21?,22-,24-,25?/m1/s1. The van der Waals surface area contributed by atoms with Crippen LogP contribution in [-0.2, 0) is 20.9 Å². The van der Waals surface area contributed by atoms with E-state index in [0.717, 1.165) is 30.9 Å². The highest BCUT2D eigenvalue weighted by Gasteiger charge is 2.41. The van der Waals surface area contributed by atoms with Crippen molar-refractivity contribution < 1.29 is 33.3 Å². The molecule has 0 spiro atoms. The summed E-state index contributed by atoms with van der Waals surface area (Å²) in [6.45, 7) is 2.07. The van der Waals surface area contributed by atoms with Gasteiger partial charge in [0, 0.05) is 31.1 Å². The largest absolute Gasteiger partial charge is 0.461 e. The van der Waals surface area contributed by atoms with E-state index in [2.05, 4.69) is 0 Å². The molecule has 2 rings (SSSR count). The minimum Gasteiger partial charge on any atom is -0.461 e. The van der Waals surface area contributed by atoms with Crippen LogP contribution in [0.15, 0.2) is 42.5 Å². The summed E-state index contributed by atoms with van der Waals surface area (Å²) in [6, 6.07) is 9.48. The number of aliphatic hydroxyl groups excluding tert-OH is 2. The van der Waals surface area contributed by atoms with Crippen LogP contribution in [0.4, 0.5) is 8.78 Å². The second kappa shape index (κ2) is 14.3. The molecule has 5 nitrogen and oxygen atoms in total. The van der Waals surface area contributed by atoms with E-state index in [1.807, 2.05) is 30.3 Å². The lowest BCUT2D eigenvalue weighted by Gasteiger charge is -2.22. The first kappa shape index (κ1) is 28.1. The van der Waals surface area contributed by atoms with Gasteiger partial charge in [-0.05, 0) is 24.8 Å². The van der Waals surface area contributed by atoms with Crippen molar-refractivity contribution in [1.29, 1.82) is 0 Å². The Morgan fingerprint density at radius 3 is 2.59 bits per heavy atom. The van der Waals surface area contributed by atoms with E-state index >= 15 is 0 Å². The van der Waals surface area contributed by atoms with Gasteiger partial charge in [-0.2, -0.15) is 0 Å². The summed E-state index contributed by atoms with van der Waals surface area (Å²) in [7, 11) is 0. The van der Waals surface area contributed by atoms with Crippen LogP contribution in [0.25, 0.3) is 0 Å². The number of halogens is 2. The molecule has 0 bridgehead atoms. The molecule has 1 aliphatic carbocycles. The summed E-state index contributed by atoms with van der Waals surface area (Å²) in [5.74, 6) is -4.52. The molecule has 190 valence electrons. The molecule has 4 atom stereocenters. The van der Waals surface area contributed by atoms with E-state index in [1.165, 1.54) is 6.08 Å². The molecule has 1 aromatic carbocycles. The summed E-state index contributed by atoms with van der Waals surface area (Å²) in [5.41, 5.74) is 0.945. The molecule has 0 aliphatic heterocycles. The van der Waals surface area contributed by atoms with Gasteiger partial charge in [-0.15, -0.1) is 0 Å². The van der Waals surface area contributed by atoms with Gasteiger partial charge in [0.05, 0.1) is 6.10 Å². The van der Waals surface area contributed by atoms with Gasteiger partial charge >= 0.3 is 5.97 Å². The van der Waals surface area contributed by atoms with Crippen molar-refractivity contribution in [3.8, 4) is 0 Å². The molecule has 2 N–H and O–H groups in total. The average Bonchev–Trinajstić information content (AvgIpc) is 3.09. The van der Waals surface area contributed by atoms with Gasteiger partial charge in [0.15, 0.2) is 0 Å². The van der Waals surface area contributed by atoms with Crippen molar-refractivity contribution in [3.63, 3.8) is 0 Å². The van der Waals surface area contributed by atoms with Gasteiger partial charge in [-0.25, -0.2) is 8.78 Å². The lowest BCUT2D eigenvalue weighted by atomic mass is 9.88. The van der Waals surface area contributed by atoms with Crippen molar-refractivity contribution in [2.24, 2.45) is 11.8 Å². The lowest BCUT2D eigenvalue weighted by Crippen LogP contribution is -2.32. The summed E-state index contributed by atoms with van der Waals surface area (Å²) in [6.07, 6.45) is 4.08. The SMILES string of the molecule is CCCCC(F)(F)C(O)/C=C/[C@@H]1C(CCCCCCC(=O)OCc2ccccc2)C(=O)C[C@H]1O. The van der Waals surface area contributed by atoms with Crippen molar-refractivity contribution in [2.45, 2.75) is 95.9 Å². The topological polar surface area (TPSA) is 83.8 Å². The summed E-state index contributed by atoms with van der Waals surface area (Å²) in [5, 5.41) is 20.1. The third-order valence-corrected chi connectivity index (χ3v) is 6.43. The minimum atomic E-state index is -3.22. The van der Waals surface area contributed by atoms with E-state index in [-0.39, 0.29) is 24.8 Å². The molecule has 0 aromatic heterocycles. The first-order chi connectivity index (χ1) is 16.2. The highest BCUT2D eigenvalue weighted by atomic mass is 19.3. The third-order valence-electron chi connectivity index (χ3n) is 6.43.